The van der Waals surface area contributed by atoms with Crippen molar-refractivity contribution in [3.8, 4) is 11.5 Å². The molecular weight excluding hydrogens is 338 g/mol. The van der Waals surface area contributed by atoms with Crippen LogP contribution in [0.3, 0.4) is 0 Å². The Morgan fingerprint density at radius 3 is 2.42 bits per heavy atom. The van der Waals surface area contributed by atoms with Crippen LogP contribution in [0.5, 0.6) is 11.5 Å². The number of nitrogens with one attached hydrogen (secondary N) is 3. The standard InChI is InChI=1S/C18H21N3O5/c1-25-13-7-8-14(15(22)9-13)16(26-2)18(23)20-10-11-3-5-12(6-4-11)17(19)21-24/h3-9,16,22,24H,10H2,1-2H3,(H2,19,21)(H,20,23). The molecule has 1 amide bonds. The van der Waals surface area contributed by atoms with E-state index in [1.165, 1.54) is 20.3 Å². The van der Waals surface area contributed by atoms with E-state index in [0.717, 1.165) is 5.56 Å². The predicted octanol–water partition coefficient (Wildman–Crippen LogP) is 1.71. The molecule has 26 heavy (non-hydrogen) atoms. The molecule has 2 aromatic rings. The molecule has 1 atom stereocenters. The lowest BCUT2D eigenvalue weighted by Gasteiger charge is -2.17. The van der Waals surface area contributed by atoms with E-state index in [1.54, 1.807) is 41.9 Å². The summed E-state index contributed by atoms with van der Waals surface area (Å²) in [5, 5.41) is 29.0. The zero-order valence-electron chi connectivity index (χ0n) is 14.4. The summed E-state index contributed by atoms with van der Waals surface area (Å²) in [5.41, 5.74) is 3.43. The maximum absolute atomic E-state index is 12.4. The van der Waals surface area contributed by atoms with Gasteiger partial charge in [-0.25, -0.2) is 0 Å². The molecule has 0 spiro atoms. The van der Waals surface area contributed by atoms with Crippen molar-refractivity contribution in [3.63, 3.8) is 0 Å². The first-order chi connectivity index (χ1) is 12.5. The zero-order valence-corrected chi connectivity index (χ0v) is 14.4. The molecule has 2 rings (SSSR count). The molecule has 1 unspecified atom stereocenters. The van der Waals surface area contributed by atoms with E-state index in [1.807, 2.05) is 0 Å². The number of phenolic OH excluding ortho intramolecular Hbond substituents is 1. The molecule has 0 radical (unpaired) electrons. The lowest BCUT2D eigenvalue weighted by Crippen LogP contribution is -2.30. The normalized spacial score (nSPS) is 11.5. The highest BCUT2D eigenvalue weighted by Crippen LogP contribution is 2.30. The van der Waals surface area contributed by atoms with Gasteiger partial charge in [-0.3, -0.25) is 20.9 Å². The maximum atomic E-state index is 12.4. The monoisotopic (exact) mass is 359 g/mol. The summed E-state index contributed by atoms with van der Waals surface area (Å²) in [6, 6.07) is 11.4. The Morgan fingerprint density at radius 1 is 1.19 bits per heavy atom. The number of ether oxygens (including phenoxy) is 2. The van der Waals surface area contributed by atoms with Gasteiger partial charge in [-0.1, -0.05) is 24.3 Å². The molecule has 0 fully saturated rings. The SMILES string of the molecule is COc1ccc(C(OC)C(=O)NCc2ccc(C(=N)NO)cc2)c(O)c1. The Labute approximate surface area is 150 Å². The van der Waals surface area contributed by atoms with Gasteiger partial charge in [0.2, 0.25) is 0 Å². The maximum Gasteiger partial charge on any atom is 0.254 e. The first-order valence-electron chi connectivity index (χ1n) is 7.75. The number of rotatable bonds is 7. The number of amides is 1. The van der Waals surface area contributed by atoms with E-state index in [-0.39, 0.29) is 18.1 Å². The van der Waals surface area contributed by atoms with Gasteiger partial charge in [-0.15, -0.1) is 0 Å². The van der Waals surface area contributed by atoms with Crippen molar-refractivity contribution in [1.29, 1.82) is 5.41 Å². The van der Waals surface area contributed by atoms with Crippen LogP contribution in [0.25, 0.3) is 0 Å². The molecule has 8 nitrogen and oxygen atoms in total. The summed E-state index contributed by atoms with van der Waals surface area (Å²) in [6.45, 7) is 0.246. The molecule has 0 aliphatic carbocycles. The molecule has 5 N–H and O–H groups in total. The third-order valence-electron chi connectivity index (χ3n) is 3.82. The Bertz CT molecular complexity index is 777. The zero-order chi connectivity index (χ0) is 19.1. The van der Waals surface area contributed by atoms with Gasteiger partial charge >= 0.3 is 0 Å². The quantitative estimate of drug-likeness (QED) is 0.291. The van der Waals surface area contributed by atoms with Crippen molar-refractivity contribution in [2.75, 3.05) is 14.2 Å². The fraction of sp³-hybridized carbons (Fsp3) is 0.222. The van der Waals surface area contributed by atoms with Gasteiger partial charge < -0.3 is 19.9 Å². The molecule has 8 heteroatoms. The highest BCUT2D eigenvalue weighted by Gasteiger charge is 2.23. The number of hydroxylamine groups is 1. The average Bonchev–Trinajstić information content (AvgIpc) is 2.67. The second-order valence-electron chi connectivity index (χ2n) is 5.44. The van der Waals surface area contributed by atoms with Crippen LogP contribution in [0.15, 0.2) is 42.5 Å². The Balaban J connectivity index is 2.04. The number of phenols is 1. The molecule has 0 aliphatic heterocycles. The average molecular weight is 359 g/mol. The molecule has 2 aromatic carbocycles. The van der Waals surface area contributed by atoms with Crippen LogP contribution in [0.2, 0.25) is 0 Å². The van der Waals surface area contributed by atoms with E-state index in [4.69, 9.17) is 20.1 Å². The molecule has 0 saturated carbocycles. The van der Waals surface area contributed by atoms with Crippen LogP contribution in [0.4, 0.5) is 0 Å². The first kappa shape index (κ1) is 19.2. The third-order valence-corrected chi connectivity index (χ3v) is 3.82. The Hall–Kier alpha value is -3.10. The van der Waals surface area contributed by atoms with Gasteiger partial charge in [-0.05, 0) is 17.7 Å². The van der Waals surface area contributed by atoms with Crippen molar-refractivity contribution in [1.82, 2.24) is 10.8 Å². The summed E-state index contributed by atoms with van der Waals surface area (Å²) >= 11 is 0. The topological polar surface area (TPSA) is 124 Å². The third kappa shape index (κ3) is 4.50. The second-order valence-corrected chi connectivity index (χ2v) is 5.44. The lowest BCUT2D eigenvalue weighted by atomic mass is 10.1. The molecule has 0 saturated heterocycles. The van der Waals surface area contributed by atoms with Crippen LogP contribution >= 0.6 is 0 Å². The minimum Gasteiger partial charge on any atom is -0.507 e. The Kier molecular flexibility index (Phi) is 6.54. The Morgan fingerprint density at radius 2 is 1.88 bits per heavy atom. The number of benzene rings is 2. The largest absolute Gasteiger partial charge is 0.507 e. The smallest absolute Gasteiger partial charge is 0.254 e. The van der Waals surface area contributed by atoms with Crippen molar-refractivity contribution in [3.05, 3.63) is 59.2 Å². The molecule has 0 bridgehead atoms. The van der Waals surface area contributed by atoms with Gasteiger partial charge in [-0.2, -0.15) is 0 Å². The van der Waals surface area contributed by atoms with Gasteiger partial charge in [0, 0.05) is 30.8 Å². The number of amidine groups is 1. The molecule has 0 aliphatic rings. The highest BCUT2D eigenvalue weighted by molar-refractivity contribution is 5.95. The molecule has 0 heterocycles. The van der Waals surface area contributed by atoms with Gasteiger partial charge in [0.25, 0.3) is 5.91 Å². The molecular formula is C18H21N3O5. The van der Waals surface area contributed by atoms with Crippen molar-refractivity contribution in [2.45, 2.75) is 12.6 Å². The first-order valence-corrected chi connectivity index (χ1v) is 7.75. The van der Waals surface area contributed by atoms with Gasteiger partial charge in [0.15, 0.2) is 6.10 Å². The van der Waals surface area contributed by atoms with Crippen molar-refractivity contribution in [2.24, 2.45) is 0 Å². The van der Waals surface area contributed by atoms with Gasteiger partial charge in [0.05, 0.1) is 7.11 Å². The summed E-state index contributed by atoms with van der Waals surface area (Å²) < 4.78 is 10.3. The van der Waals surface area contributed by atoms with Crippen LogP contribution < -0.4 is 15.5 Å². The van der Waals surface area contributed by atoms with E-state index < -0.39 is 12.0 Å². The molecule has 0 aromatic heterocycles. The minimum atomic E-state index is -0.966. The van der Waals surface area contributed by atoms with Crippen molar-refractivity contribution < 1.29 is 24.6 Å². The van der Waals surface area contributed by atoms with Crippen LogP contribution in [0.1, 0.15) is 22.8 Å². The fourth-order valence-corrected chi connectivity index (χ4v) is 2.38. The summed E-state index contributed by atoms with van der Waals surface area (Å²) in [5.74, 6) is -0.132. The minimum absolute atomic E-state index is 0.0919. The van der Waals surface area contributed by atoms with Gasteiger partial charge in [0.1, 0.15) is 17.3 Å². The number of carbonyl (C=O) groups is 1. The van der Waals surface area contributed by atoms with Crippen LogP contribution in [-0.2, 0) is 16.1 Å². The van der Waals surface area contributed by atoms with Crippen LogP contribution in [-0.4, -0.2) is 36.3 Å². The predicted molar refractivity (Wildman–Crippen MR) is 94.4 cm³/mol. The number of aromatic hydroxyl groups is 1. The summed E-state index contributed by atoms with van der Waals surface area (Å²) in [4.78, 5) is 12.4. The highest BCUT2D eigenvalue weighted by atomic mass is 16.5. The molecule has 138 valence electrons. The number of hydrogen-bond donors (Lipinski definition) is 5. The van der Waals surface area contributed by atoms with E-state index in [9.17, 15) is 9.90 Å². The number of hydrogen-bond acceptors (Lipinski definition) is 6. The fourth-order valence-electron chi connectivity index (χ4n) is 2.38. The summed E-state index contributed by atoms with van der Waals surface area (Å²) in [7, 11) is 2.87. The van der Waals surface area contributed by atoms with E-state index >= 15 is 0 Å². The van der Waals surface area contributed by atoms with Crippen LogP contribution in [0, 0.1) is 5.41 Å². The lowest BCUT2D eigenvalue weighted by molar-refractivity contribution is -0.131. The number of methoxy groups -OCH3 is 2. The second kappa shape index (κ2) is 8.84. The van der Waals surface area contributed by atoms with E-state index in [0.29, 0.717) is 16.9 Å². The number of carbonyl (C=O) groups excluding carboxylic acids is 1. The van der Waals surface area contributed by atoms with E-state index in [2.05, 4.69) is 5.32 Å². The van der Waals surface area contributed by atoms with Crippen molar-refractivity contribution >= 4 is 11.7 Å². The summed E-state index contributed by atoms with van der Waals surface area (Å²) in [6.07, 6.45) is -0.966.